The van der Waals surface area contributed by atoms with Crippen molar-refractivity contribution in [1.82, 2.24) is 10.9 Å². The summed E-state index contributed by atoms with van der Waals surface area (Å²) in [6.07, 6.45) is 11.1. The Hall–Kier alpha value is -1.54. The Morgan fingerprint density at radius 3 is 2.69 bits per heavy atom. The molecule has 86 valence electrons. The van der Waals surface area contributed by atoms with Crippen molar-refractivity contribution in [2.75, 3.05) is 0 Å². The van der Waals surface area contributed by atoms with Crippen molar-refractivity contribution in [3.63, 3.8) is 0 Å². The van der Waals surface area contributed by atoms with Crippen LogP contribution < -0.4 is 10.9 Å². The molecule has 2 aliphatic rings. The van der Waals surface area contributed by atoms with Gasteiger partial charge >= 0.3 is 0 Å². The lowest BCUT2D eigenvalue weighted by molar-refractivity contribution is 0.540. The summed E-state index contributed by atoms with van der Waals surface area (Å²) >= 11 is 0. The summed E-state index contributed by atoms with van der Waals surface area (Å²) in [5.74, 6) is 0. The van der Waals surface area contributed by atoms with Crippen molar-refractivity contribution in [2.24, 2.45) is 0 Å². The van der Waals surface area contributed by atoms with Crippen molar-refractivity contribution in [1.29, 1.82) is 0 Å². The van der Waals surface area contributed by atoms with Gasteiger partial charge in [0.2, 0.25) is 0 Å². The zero-order valence-corrected chi connectivity index (χ0v) is 9.92. The van der Waals surface area contributed by atoms with Gasteiger partial charge in [-0.3, -0.25) is 0 Å². The second-order valence-corrected chi connectivity index (χ2v) is 3.78. The van der Waals surface area contributed by atoms with Gasteiger partial charge in [0.15, 0.2) is 0 Å². The van der Waals surface area contributed by atoms with Gasteiger partial charge in [0.1, 0.15) is 0 Å². The predicted octanol–water partition coefficient (Wildman–Crippen LogP) is 3.00. The van der Waals surface area contributed by atoms with Crippen LogP contribution in [0.2, 0.25) is 0 Å². The van der Waals surface area contributed by atoms with Gasteiger partial charge in [-0.05, 0) is 30.9 Å². The molecule has 0 spiro atoms. The second-order valence-electron chi connectivity index (χ2n) is 3.78. The molecule has 1 unspecified atom stereocenters. The van der Waals surface area contributed by atoms with E-state index in [0.717, 1.165) is 18.5 Å². The third-order valence-electron chi connectivity index (χ3n) is 2.72. The molecular formula is C14H20N2. The molecule has 1 heterocycles. The molecule has 2 rings (SSSR count). The number of nitrogens with one attached hydrogen (secondary N) is 2. The van der Waals surface area contributed by atoms with Crippen LogP contribution in [0.25, 0.3) is 0 Å². The van der Waals surface area contributed by atoms with Crippen molar-refractivity contribution in [3.8, 4) is 0 Å². The quantitative estimate of drug-likeness (QED) is 0.658. The van der Waals surface area contributed by atoms with E-state index in [2.05, 4.69) is 61.8 Å². The Bertz CT molecular complexity index is 348. The molecule has 16 heavy (non-hydrogen) atoms. The van der Waals surface area contributed by atoms with Crippen LogP contribution >= 0.6 is 0 Å². The van der Waals surface area contributed by atoms with Crippen LogP contribution in [0.15, 0.2) is 60.9 Å². The standard InChI is InChI=1S/C12H16N2.C2H4/c1-9-8-12(14-13-10(9)2)11-6-4-3-5-7-11;1-2/h3-4,6,8,12-14H,2,5,7H2,1H3;1-2H2. The normalized spacial score (nSPS) is 23.6. The molecule has 1 aliphatic heterocycles. The van der Waals surface area contributed by atoms with E-state index < -0.39 is 0 Å². The molecule has 2 N–H and O–H groups in total. The van der Waals surface area contributed by atoms with Crippen LogP contribution in [0, 0.1) is 0 Å². The van der Waals surface area contributed by atoms with Gasteiger partial charge in [-0.25, -0.2) is 5.43 Å². The number of hydrazine groups is 1. The Morgan fingerprint density at radius 2 is 2.12 bits per heavy atom. The zero-order valence-electron chi connectivity index (χ0n) is 9.92. The summed E-state index contributed by atoms with van der Waals surface area (Å²) in [6.45, 7) is 12.0. The minimum atomic E-state index is 0.324. The molecule has 0 aromatic heterocycles. The van der Waals surface area contributed by atoms with E-state index in [1.54, 1.807) is 0 Å². The molecule has 0 bridgehead atoms. The first-order valence-corrected chi connectivity index (χ1v) is 5.52. The highest BCUT2D eigenvalue weighted by Crippen LogP contribution is 2.20. The van der Waals surface area contributed by atoms with Crippen molar-refractivity contribution < 1.29 is 0 Å². The molecule has 0 fully saturated rings. The molecule has 1 atom stereocenters. The Morgan fingerprint density at radius 1 is 1.38 bits per heavy atom. The van der Waals surface area contributed by atoms with E-state index in [1.807, 2.05) is 0 Å². The van der Waals surface area contributed by atoms with Crippen molar-refractivity contribution in [3.05, 3.63) is 60.9 Å². The van der Waals surface area contributed by atoms with E-state index >= 15 is 0 Å². The lowest BCUT2D eigenvalue weighted by atomic mass is 9.95. The van der Waals surface area contributed by atoms with Gasteiger partial charge in [-0.15, -0.1) is 13.2 Å². The zero-order chi connectivity index (χ0) is 12.0. The highest BCUT2D eigenvalue weighted by Gasteiger charge is 2.16. The van der Waals surface area contributed by atoms with Gasteiger partial charge in [0.05, 0.1) is 6.04 Å². The van der Waals surface area contributed by atoms with Crippen LogP contribution in [0.5, 0.6) is 0 Å². The highest BCUT2D eigenvalue weighted by molar-refractivity contribution is 5.35. The van der Waals surface area contributed by atoms with Crippen LogP contribution in [-0.4, -0.2) is 6.04 Å². The smallest absolute Gasteiger partial charge is 0.0660 e. The van der Waals surface area contributed by atoms with Gasteiger partial charge in [-0.2, -0.15) is 0 Å². The van der Waals surface area contributed by atoms with Crippen LogP contribution in [-0.2, 0) is 0 Å². The van der Waals surface area contributed by atoms with Gasteiger partial charge in [-0.1, -0.05) is 30.9 Å². The molecule has 0 saturated heterocycles. The van der Waals surface area contributed by atoms with E-state index in [0.29, 0.717) is 6.04 Å². The fourth-order valence-electron chi connectivity index (χ4n) is 1.74. The maximum atomic E-state index is 3.90. The van der Waals surface area contributed by atoms with E-state index in [9.17, 15) is 0 Å². The molecule has 2 nitrogen and oxygen atoms in total. The first-order valence-electron chi connectivity index (χ1n) is 5.52. The molecule has 0 aromatic carbocycles. The molecule has 1 aliphatic carbocycles. The molecule has 0 saturated carbocycles. The predicted molar refractivity (Wildman–Crippen MR) is 70.7 cm³/mol. The summed E-state index contributed by atoms with van der Waals surface area (Å²) in [5, 5.41) is 0. The lowest BCUT2D eigenvalue weighted by Crippen LogP contribution is -2.43. The van der Waals surface area contributed by atoms with Crippen LogP contribution in [0.1, 0.15) is 19.8 Å². The van der Waals surface area contributed by atoms with Crippen LogP contribution in [0.4, 0.5) is 0 Å². The SMILES string of the molecule is C=C.C=C1NNC(C2=CC=CCC2)C=C1C. The molecule has 0 aromatic rings. The van der Waals surface area contributed by atoms with Crippen molar-refractivity contribution in [2.45, 2.75) is 25.8 Å². The maximum absolute atomic E-state index is 3.90. The molecular weight excluding hydrogens is 196 g/mol. The molecule has 2 heteroatoms. The summed E-state index contributed by atoms with van der Waals surface area (Å²) in [4.78, 5) is 0. The monoisotopic (exact) mass is 216 g/mol. The minimum absolute atomic E-state index is 0.324. The maximum Gasteiger partial charge on any atom is 0.0660 e. The molecule has 0 amide bonds. The van der Waals surface area contributed by atoms with E-state index in [1.165, 1.54) is 11.1 Å². The van der Waals surface area contributed by atoms with Gasteiger partial charge in [0, 0.05) is 5.70 Å². The fourth-order valence-corrected chi connectivity index (χ4v) is 1.74. The number of hydrogen-bond acceptors (Lipinski definition) is 2. The Kier molecular flexibility index (Phi) is 4.80. The largest absolute Gasteiger partial charge is 0.321 e. The Labute approximate surface area is 98.1 Å². The Balaban J connectivity index is 0.000000606. The van der Waals surface area contributed by atoms with E-state index in [-0.39, 0.29) is 0 Å². The van der Waals surface area contributed by atoms with Gasteiger partial charge < -0.3 is 5.43 Å². The first-order chi connectivity index (χ1) is 7.77. The second kappa shape index (κ2) is 6.13. The first kappa shape index (κ1) is 12.5. The fraction of sp³-hybridized carbons (Fsp3) is 0.286. The van der Waals surface area contributed by atoms with Crippen molar-refractivity contribution >= 4 is 0 Å². The molecule has 0 radical (unpaired) electrons. The third-order valence-corrected chi connectivity index (χ3v) is 2.72. The number of rotatable bonds is 1. The summed E-state index contributed by atoms with van der Waals surface area (Å²) < 4.78 is 0. The lowest BCUT2D eigenvalue weighted by Gasteiger charge is -2.27. The third kappa shape index (κ3) is 2.97. The highest BCUT2D eigenvalue weighted by atomic mass is 15.4. The number of allylic oxidation sites excluding steroid dienone is 4. The average molecular weight is 216 g/mol. The minimum Gasteiger partial charge on any atom is -0.321 e. The summed E-state index contributed by atoms with van der Waals surface area (Å²) in [7, 11) is 0. The average Bonchev–Trinajstić information content (AvgIpc) is 2.36. The summed E-state index contributed by atoms with van der Waals surface area (Å²) in [6, 6.07) is 0.324. The van der Waals surface area contributed by atoms with E-state index in [4.69, 9.17) is 0 Å². The summed E-state index contributed by atoms with van der Waals surface area (Å²) in [5.41, 5.74) is 9.97. The topological polar surface area (TPSA) is 24.1 Å². The number of hydrogen-bond donors (Lipinski definition) is 2. The van der Waals surface area contributed by atoms with Gasteiger partial charge in [0.25, 0.3) is 0 Å². The van der Waals surface area contributed by atoms with Crippen LogP contribution in [0.3, 0.4) is 0 Å².